The standard InChI is InChI=1S/C42H38N2O3S2/c45-41(43-28-27-32-15-5-1-6-16-32)40-30-38(31-44(40)49(46,47)39-26-25-33-17-13-14-18-34(33)29-39)48-42(35-19-7-2-8-20-35,36-21-9-3-10-22-36)37-23-11-4-12-24-37/h1-26,29,38,40H,27-28,30-31H2,(H,43,45)/t38-,40+/m1/s1. The van der Waals surface area contributed by atoms with Crippen LogP contribution < -0.4 is 5.32 Å². The highest BCUT2D eigenvalue weighted by Gasteiger charge is 2.48. The van der Waals surface area contributed by atoms with Crippen molar-refractivity contribution < 1.29 is 13.2 Å². The molecule has 1 aliphatic heterocycles. The van der Waals surface area contributed by atoms with E-state index in [1.54, 1.807) is 23.9 Å². The van der Waals surface area contributed by atoms with Gasteiger partial charge in [-0.3, -0.25) is 4.79 Å². The Morgan fingerprint density at radius 3 is 1.76 bits per heavy atom. The van der Waals surface area contributed by atoms with Gasteiger partial charge in [0.15, 0.2) is 0 Å². The third kappa shape index (κ3) is 6.79. The largest absolute Gasteiger partial charge is 0.354 e. The third-order valence-electron chi connectivity index (χ3n) is 9.29. The van der Waals surface area contributed by atoms with Crippen molar-refractivity contribution in [3.05, 3.63) is 186 Å². The van der Waals surface area contributed by atoms with Gasteiger partial charge in [-0.25, -0.2) is 8.42 Å². The van der Waals surface area contributed by atoms with Crippen molar-refractivity contribution in [2.75, 3.05) is 13.1 Å². The van der Waals surface area contributed by atoms with Crippen LogP contribution in [0, 0.1) is 0 Å². The van der Waals surface area contributed by atoms with E-state index in [1.165, 1.54) is 4.31 Å². The van der Waals surface area contributed by atoms with Gasteiger partial charge in [0.25, 0.3) is 0 Å². The van der Waals surface area contributed by atoms with Crippen LogP contribution in [0.5, 0.6) is 0 Å². The highest BCUT2D eigenvalue weighted by atomic mass is 32.2. The van der Waals surface area contributed by atoms with Crippen molar-refractivity contribution in [3.8, 4) is 0 Å². The molecule has 246 valence electrons. The van der Waals surface area contributed by atoms with Crippen LogP contribution in [-0.4, -0.2) is 43.0 Å². The third-order valence-corrected chi connectivity index (χ3v) is 12.9. The van der Waals surface area contributed by atoms with E-state index in [1.807, 2.05) is 115 Å². The monoisotopic (exact) mass is 682 g/mol. The fourth-order valence-corrected chi connectivity index (χ4v) is 10.5. The SMILES string of the molecule is O=C(NCCc1ccccc1)[C@@H]1C[C@@H](SC(c2ccccc2)(c2ccccc2)c2ccccc2)CN1S(=O)(=O)c1ccc2ccccc2c1. The number of hydrogen-bond acceptors (Lipinski definition) is 4. The number of hydrogen-bond donors (Lipinski definition) is 1. The molecule has 1 fully saturated rings. The Morgan fingerprint density at radius 1 is 0.673 bits per heavy atom. The van der Waals surface area contributed by atoms with Crippen LogP contribution in [0.15, 0.2) is 169 Å². The summed E-state index contributed by atoms with van der Waals surface area (Å²) >= 11 is 1.73. The van der Waals surface area contributed by atoms with E-state index in [2.05, 4.69) is 41.7 Å². The number of carbonyl (C=O) groups excluding carboxylic acids is 1. The number of carbonyl (C=O) groups is 1. The summed E-state index contributed by atoms with van der Waals surface area (Å²) in [6.07, 6.45) is 1.04. The lowest BCUT2D eigenvalue weighted by molar-refractivity contribution is -0.124. The van der Waals surface area contributed by atoms with Gasteiger partial charge in [0.1, 0.15) is 6.04 Å². The molecule has 1 N–H and O–H groups in total. The lowest BCUT2D eigenvalue weighted by Gasteiger charge is -2.37. The first kappa shape index (κ1) is 32.8. The average Bonchev–Trinajstić information content (AvgIpc) is 3.60. The Labute approximate surface area is 293 Å². The topological polar surface area (TPSA) is 66.5 Å². The zero-order valence-electron chi connectivity index (χ0n) is 27.1. The molecule has 7 heteroatoms. The lowest BCUT2D eigenvalue weighted by atomic mass is 9.84. The smallest absolute Gasteiger partial charge is 0.243 e. The minimum Gasteiger partial charge on any atom is -0.354 e. The molecule has 1 heterocycles. The molecule has 0 bridgehead atoms. The van der Waals surface area contributed by atoms with Crippen molar-refractivity contribution in [2.45, 2.75) is 33.8 Å². The molecule has 6 aromatic carbocycles. The van der Waals surface area contributed by atoms with Gasteiger partial charge >= 0.3 is 0 Å². The predicted octanol–water partition coefficient (Wildman–Crippen LogP) is 8.06. The maximum atomic E-state index is 14.5. The summed E-state index contributed by atoms with van der Waals surface area (Å²) in [6.45, 7) is 0.619. The Balaban J connectivity index is 1.27. The van der Waals surface area contributed by atoms with E-state index in [0.717, 1.165) is 33.0 Å². The molecule has 1 amide bonds. The molecule has 49 heavy (non-hydrogen) atoms. The molecular weight excluding hydrogens is 645 g/mol. The maximum absolute atomic E-state index is 14.5. The van der Waals surface area contributed by atoms with E-state index in [0.29, 0.717) is 19.4 Å². The number of thioether (sulfide) groups is 1. The number of amides is 1. The van der Waals surface area contributed by atoms with Crippen molar-refractivity contribution in [3.63, 3.8) is 0 Å². The molecule has 0 unspecified atom stereocenters. The molecule has 7 rings (SSSR count). The number of fused-ring (bicyclic) bond motifs is 1. The zero-order valence-corrected chi connectivity index (χ0v) is 28.7. The summed E-state index contributed by atoms with van der Waals surface area (Å²) in [7, 11) is -4.02. The van der Waals surface area contributed by atoms with Gasteiger partial charge in [0, 0.05) is 18.3 Å². The van der Waals surface area contributed by atoms with Gasteiger partial charge in [0.05, 0.1) is 9.64 Å². The summed E-state index contributed by atoms with van der Waals surface area (Å²) in [5.74, 6) is -0.270. The number of sulfonamides is 1. The van der Waals surface area contributed by atoms with E-state index in [9.17, 15) is 13.2 Å². The first-order valence-electron chi connectivity index (χ1n) is 16.6. The van der Waals surface area contributed by atoms with E-state index < -0.39 is 20.8 Å². The molecule has 0 aliphatic carbocycles. The van der Waals surface area contributed by atoms with Crippen LogP contribution in [-0.2, 0) is 26.0 Å². The van der Waals surface area contributed by atoms with Crippen LogP contribution in [0.1, 0.15) is 28.7 Å². The first-order valence-corrected chi connectivity index (χ1v) is 18.9. The molecule has 0 aromatic heterocycles. The van der Waals surface area contributed by atoms with E-state index in [-0.39, 0.29) is 22.6 Å². The molecule has 6 aromatic rings. The summed E-state index contributed by atoms with van der Waals surface area (Å²) in [5, 5.41) is 4.69. The van der Waals surface area contributed by atoms with Crippen LogP contribution in [0.25, 0.3) is 10.8 Å². The number of nitrogens with one attached hydrogen (secondary N) is 1. The number of rotatable bonds is 11. The van der Waals surface area contributed by atoms with Gasteiger partial charge in [-0.2, -0.15) is 4.31 Å². The van der Waals surface area contributed by atoms with Crippen LogP contribution >= 0.6 is 11.8 Å². The van der Waals surface area contributed by atoms with Gasteiger partial charge in [-0.1, -0.05) is 152 Å². The molecule has 0 spiro atoms. The van der Waals surface area contributed by atoms with Gasteiger partial charge < -0.3 is 5.32 Å². The second kappa shape index (κ2) is 14.4. The van der Waals surface area contributed by atoms with E-state index in [4.69, 9.17) is 0 Å². The maximum Gasteiger partial charge on any atom is 0.243 e. The molecule has 0 saturated carbocycles. The van der Waals surface area contributed by atoms with Gasteiger partial charge in [0.2, 0.25) is 15.9 Å². The second-order valence-electron chi connectivity index (χ2n) is 12.4. The average molecular weight is 683 g/mol. The molecular formula is C42H38N2O3S2. The minimum atomic E-state index is -4.02. The molecule has 0 radical (unpaired) electrons. The normalized spacial score (nSPS) is 16.8. The highest BCUT2D eigenvalue weighted by molar-refractivity contribution is 8.01. The molecule has 2 atom stereocenters. The van der Waals surface area contributed by atoms with Crippen molar-refractivity contribution in [2.24, 2.45) is 0 Å². The Bertz CT molecular complexity index is 2030. The van der Waals surface area contributed by atoms with Crippen LogP contribution in [0.2, 0.25) is 0 Å². The molecule has 5 nitrogen and oxygen atoms in total. The second-order valence-corrected chi connectivity index (χ2v) is 15.8. The molecule has 1 aliphatic rings. The fraction of sp³-hybridized carbons (Fsp3) is 0.167. The first-order chi connectivity index (χ1) is 23.9. The van der Waals surface area contributed by atoms with Gasteiger partial charge in [-0.15, -0.1) is 11.8 Å². The minimum absolute atomic E-state index is 0.194. The lowest BCUT2D eigenvalue weighted by Crippen LogP contribution is -2.46. The summed E-state index contributed by atoms with van der Waals surface area (Å²) < 4.78 is 29.9. The van der Waals surface area contributed by atoms with E-state index >= 15 is 0 Å². The Morgan fingerprint density at radius 2 is 1.18 bits per heavy atom. The van der Waals surface area contributed by atoms with Crippen LogP contribution in [0.4, 0.5) is 0 Å². The predicted molar refractivity (Wildman–Crippen MR) is 200 cm³/mol. The summed E-state index contributed by atoms with van der Waals surface area (Å²) in [4.78, 5) is 14.2. The quantitative estimate of drug-likeness (QED) is 0.141. The molecule has 1 saturated heterocycles. The van der Waals surface area contributed by atoms with Crippen molar-refractivity contribution in [1.82, 2.24) is 9.62 Å². The van der Waals surface area contributed by atoms with Gasteiger partial charge in [-0.05, 0) is 58.0 Å². The Kier molecular flexibility index (Phi) is 9.67. The van der Waals surface area contributed by atoms with Crippen molar-refractivity contribution in [1.29, 1.82) is 0 Å². The number of nitrogens with zero attached hydrogens (tertiary/aromatic N) is 1. The highest BCUT2D eigenvalue weighted by Crippen LogP contribution is 2.52. The van der Waals surface area contributed by atoms with Crippen molar-refractivity contribution >= 4 is 38.5 Å². The van der Waals surface area contributed by atoms with Crippen LogP contribution in [0.3, 0.4) is 0 Å². The Hall–Kier alpha value is -4.69. The fourth-order valence-electron chi connectivity index (χ4n) is 6.89. The number of benzene rings is 6. The summed E-state index contributed by atoms with van der Waals surface area (Å²) in [5.41, 5.74) is 4.40. The summed E-state index contributed by atoms with van der Waals surface area (Å²) in [6, 6.07) is 53.2. The zero-order chi connectivity index (χ0) is 33.7.